The molecule has 0 saturated heterocycles. The van der Waals surface area contributed by atoms with Crippen LogP contribution < -0.4 is 5.73 Å². The smallest absolute Gasteiger partial charge is 0.273 e. The molecule has 0 unspecified atom stereocenters. The SMILES string of the molecule is CCN(CC)CCN(CC(C)C)C(=O)c1csc(CCN)n1. The standard InChI is InChI=1S/C16H30N4OS/c1-5-19(6-2)9-10-20(11-13(3)4)16(21)14-12-22-15(18-14)7-8-17/h12-13H,5-11,17H2,1-4H3. The van der Waals surface area contributed by atoms with E-state index < -0.39 is 0 Å². The number of nitrogens with two attached hydrogens (primary N) is 1. The number of amides is 1. The van der Waals surface area contributed by atoms with Crippen LogP contribution in [0.3, 0.4) is 0 Å². The number of nitrogens with zero attached hydrogens (tertiary/aromatic N) is 3. The van der Waals surface area contributed by atoms with Crippen molar-refractivity contribution in [2.24, 2.45) is 11.7 Å². The number of carbonyl (C=O) groups is 1. The van der Waals surface area contributed by atoms with Crippen molar-refractivity contribution >= 4 is 17.2 Å². The molecule has 5 nitrogen and oxygen atoms in total. The van der Waals surface area contributed by atoms with Crippen LogP contribution in [0, 0.1) is 5.92 Å². The molecule has 1 heterocycles. The van der Waals surface area contributed by atoms with Crippen LogP contribution in [0.25, 0.3) is 0 Å². The van der Waals surface area contributed by atoms with Crippen molar-refractivity contribution in [2.45, 2.75) is 34.1 Å². The van der Waals surface area contributed by atoms with Gasteiger partial charge in [0.25, 0.3) is 5.91 Å². The Kier molecular flexibility index (Phi) is 8.60. The normalized spacial score (nSPS) is 11.4. The molecule has 0 radical (unpaired) electrons. The Morgan fingerprint density at radius 2 is 2.00 bits per heavy atom. The lowest BCUT2D eigenvalue weighted by Gasteiger charge is -2.27. The minimum atomic E-state index is 0.0420. The molecule has 0 aliphatic heterocycles. The number of carbonyl (C=O) groups excluding carboxylic acids is 1. The van der Waals surface area contributed by atoms with E-state index in [4.69, 9.17) is 5.73 Å². The molecule has 0 saturated carbocycles. The molecule has 0 aromatic carbocycles. The first kappa shape index (κ1) is 19.1. The number of likely N-dealkylation sites (N-methyl/N-ethyl adjacent to an activating group) is 1. The van der Waals surface area contributed by atoms with Crippen LogP contribution in [0.1, 0.15) is 43.2 Å². The van der Waals surface area contributed by atoms with Crippen LogP contribution in [0.5, 0.6) is 0 Å². The highest BCUT2D eigenvalue weighted by molar-refractivity contribution is 7.09. The Hall–Kier alpha value is -0.980. The molecule has 22 heavy (non-hydrogen) atoms. The zero-order valence-corrected chi connectivity index (χ0v) is 15.2. The molecule has 0 aliphatic carbocycles. The molecule has 0 fully saturated rings. The van der Waals surface area contributed by atoms with Gasteiger partial charge < -0.3 is 15.5 Å². The van der Waals surface area contributed by atoms with Crippen molar-refractivity contribution in [1.29, 1.82) is 0 Å². The molecule has 0 spiro atoms. The molecule has 6 heteroatoms. The van der Waals surface area contributed by atoms with Gasteiger partial charge in [0.2, 0.25) is 0 Å². The van der Waals surface area contributed by atoms with E-state index in [0.29, 0.717) is 18.2 Å². The highest BCUT2D eigenvalue weighted by atomic mass is 32.1. The van der Waals surface area contributed by atoms with Crippen LogP contribution in [-0.2, 0) is 6.42 Å². The summed E-state index contributed by atoms with van der Waals surface area (Å²) in [6.45, 7) is 13.6. The average Bonchev–Trinajstić information content (AvgIpc) is 2.95. The van der Waals surface area contributed by atoms with Crippen molar-refractivity contribution in [3.05, 3.63) is 16.1 Å². The summed E-state index contributed by atoms with van der Waals surface area (Å²) in [5, 5.41) is 2.80. The molecule has 0 atom stereocenters. The van der Waals surface area contributed by atoms with Gasteiger partial charge in [-0.15, -0.1) is 11.3 Å². The minimum absolute atomic E-state index is 0.0420. The number of rotatable bonds is 10. The van der Waals surface area contributed by atoms with Crippen molar-refractivity contribution in [3.8, 4) is 0 Å². The summed E-state index contributed by atoms with van der Waals surface area (Å²) in [7, 11) is 0. The topological polar surface area (TPSA) is 62.5 Å². The lowest BCUT2D eigenvalue weighted by Crippen LogP contribution is -2.40. The Labute approximate surface area is 138 Å². The monoisotopic (exact) mass is 326 g/mol. The first-order valence-electron chi connectivity index (χ1n) is 8.17. The van der Waals surface area contributed by atoms with Gasteiger partial charge in [-0.05, 0) is 25.6 Å². The maximum Gasteiger partial charge on any atom is 0.273 e. The van der Waals surface area contributed by atoms with Gasteiger partial charge >= 0.3 is 0 Å². The van der Waals surface area contributed by atoms with Gasteiger partial charge in [0.1, 0.15) is 5.69 Å². The summed E-state index contributed by atoms with van der Waals surface area (Å²) in [6, 6.07) is 0. The van der Waals surface area contributed by atoms with Gasteiger partial charge in [-0.25, -0.2) is 4.98 Å². The third kappa shape index (κ3) is 6.02. The lowest BCUT2D eigenvalue weighted by atomic mass is 10.2. The molecule has 1 aromatic rings. The van der Waals surface area contributed by atoms with Gasteiger partial charge in [-0.1, -0.05) is 27.7 Å². The van der Waals surface area contributed by atoms with Crippen LogP contribution in [0.15, 0.2) is 5.38 Å². The van der Waals surface area contributed by atoms with Crippen molar-refractivity contribution in [1.82, 2.24) is 14.8 Å². The van der Waals surface area contributed by atoms with E-state index in [-0.39, 0.29) is 5.91 Å². The summed E-state index contributed by atoms with van der Waals surface area (Å²) in [5.41, 5.74) is 6.11. The van der Waals surface area contributed by atoms with E-state index in [1.807, 2.05) is 10.3 Å². The van der Waals surface area contributed by atoms with Crippen molar-refractivity contribution in [2.75, 3.05) is 39.3 Å². The van der Waals surface area contributed by atoms with Crippen LogP contribution in [0.4, 0.5) is 0 Å². The molecule has 1 rings (SSSR count). The van der Waals surface area contributed by atoms with Crippen molar-refractivity contribution in [3.63, 3.8) is 0 Å². The van der Waals surface area contributed by atoms with E-state index in [9.17, 15) is 4.79 Å². The second kappa shape index (κ2) is 9.92. The molecule has 2 N–H and O–H groups in total. The van der Waals surface area contributed by atoms with Gasteiger partial charge in [-0.2, -0.15) is 0 Å². The predicted octanol–water partition coefficient (Wildman–Crippen LogP) is 2.08. The Morgan fingerprint density at radius 3 is 2.55 bits per heavy atom. The predicted molar refractivity (Wildman–Crippen MR) is 93.4 cm³/mol. The van der Waals surface area contributed by atoms with Gasteiger partial charge in [0.15, 0.2) is 0 Å². The van der Waals surface area contributed by atoms with Gasteiger partial charge in [0.05, 0.1) is 5.01 Å². The third-order valence-electron chi connectivity index (χ3n) is 3.58. The van der Waals surface area contributed by atoms with Gasteiger partial charge in [0, 0.05) is 31.4 Å². The summed E-state index contributed by atoms with van der Waals surface area (Å²) >= 11 is 1.52. The Bertz CT molecular complexity index is 443. The molecule has 0 bridgehead atoms. The lowest BCUT2D eigenvalue weighted by molar-refractivity contribution is 0.0711. The number of hydrogen-bond donors (Lipinski definition) is 1. The Morgan fingerprint density at radius 1 is 1.32 bits per heavy atom. The van der Waals surface area contributed by atoms with E-state index in [0.717, 1.165) is 44.2 Å². The van der Waals surface area contributed by atoms with E-state index in [2.05, 4.69) is 37.6 Å². The number of thiazole rings is 1. The molecule has 1 amide bonds. The second-order valence-electron chi connectivity index (χ2n) is 5.84. The maximum absolute atomic E-state index is 12.7. The first-order chi connectivity index (χ1) is 10.5. The molecular weight excluding hydrogens is 296 g/mol. The zero-order chi connectivity index (χ0) is 16.5. The van der Waals surface area contributed by atoms with E-state index in [1.165, 1.54) is 11.3 Å². The maximum atomic E-state index is 12.7. The van der Waals surface area contributed by atoms with Crippen molar-refractivity contribution < 1.29 is 4.79 Å². The fourth-order valence-electron chi connectivity index (χ4n) is 2.33. The number of aromatic nitrogens is 1. The minimum Gasteiger partial charge on any atom is -0.336 e. The molecule has 1 aromatic heterocycles. The molecule has 126 valence electrons. The number of hydrogen-bond acceptors (Lipinski definition) is 5. The summed E-state index contributed by atoms with van der Waals surface area (Å²) in [4.78, 5) is 21.4. The van der Waals surface area contributed by atoms with Crippen LogP contribution >= 0.6 is 11.3 Å². The second-order valence-corrected chi connectivity index (χ2v) is 6.78. The molecular formula is C16H30N4OS. The fraction of sp³-hybridized carbons (Fsp3) is 0.750. The van der Waals surface area contributed by atoms with E-state index >= 15 is 0 Å². The summed E-state index contributed by atoms with van der Waals surface area (Å²) in [5.74, 6) is 0.489. The Balaban J connectivity index is 2.73. The zero-order valence-electron chi connectivity index (χ0n) is 14.3. The first-order valence-corrected chi connectivity index (χ1v) is 9.05. The van der Waals surface area contributed by atoms with Crippen LogP contribution in [-0.4, -0.2) is 60.0 Å². The van der Waals surface area contributed by atoms with E-state index in [1.54, 1.807) is 0 Å². The van der Waals surface area contributed by atoms with Gasteiger partial charge in [-0.3, -0.25) is 4.79 Å². The molecule has 0 aliphatic rings. The average molecular weight is 327 g/mol. The third-order valence-corrected chi connectivity index (χ3v) is 4.49. The largest absolute Gasteiger partial charge is 0.336 e. The quantitative estimate of drug-likeness (QED) is 0.715. The highest BCUT2D eigenvalue weighted by Crippen LogP contribution is 2.13. The van der Waals surface area contributed by atoms with Crippen LogP contribution in [0.2, 0.25) is 0 Å². The summed E-state index contributed by atoms with van der Waals surface area (Å²) in [6.07, 6.45) is 0.738. The fourth-order valence-corrected chi connectivity index (χ4v) is 3.12. The highest BCUT2D eigenvalue weighted by Gasteiger charge is 2.20. The summed E-state index contributed by atoms with van der Waals surface area (Å²) < 4.78 is 0.